The molecule has 0 bridgehead atoms. The zero-order chi connectivity index (χ0) is 15.2. The Kier molecular flexibility index (Phi) is 4.84. The monoisotopic (exact) mass is 301 g/mol. The van der Waals surface area contributed by atoms with Crippen molar-refractivity contribution in [2.75, 3.05) is 5.32 Å². The first-order chi connectivity index (χ1) is 10.1. The smallest absolute Gasteiger partial charge is 0.318 e. The average Bonchev–Trinajstić information content (AvgIpc) is 2.96. The lowest BCUT2D eigenvalue weighted by molar-refractivity contribution is -0.136. The molecule has 0 spiro atoms. The van der Waals surface area contributed by atoms with Crippen molar-refractivity contribution in [1.82, 2.24) is 5.43 Å². The molecule has 2 N–H and O–H groups in total. The van der Waals surface area contributed by atoms with E-state index in [1.807, 2.05) is 43.5 Å². The van der Waals surface area contributed by atoms with Gasteiger partial charge >= 0.3 is 11.8 Å². The average molecular weight is 301 g/mol. The van der Waals surface area contributed by atoms with Crippen LogP contribution < -0.4 is 10.7 Å². The summed E-state index contributed by atoms with van der Waals surface area (Å²) >= 11 is 1.49. The fraction of sp³-hybridized carbons (Fsp3) is 0.133. The van der Waals surface area contributed by atoms with Crippen molar-refractivity contribution >= 4 is 35.1 Å². The number of hydrogen-bond donors (Lipinski definition) is 2. The third-order valence-electron chi connectivity index (χ3n) is 2.87. The number of carbonyl (C=O) groups is 2. The van der Waals surface area contributed by atoms with Gasteiger partial charge in [-0.25, -0.2) is 5.43 Å². The molecule has 21 heavy (non-hydrogen) atoms. The van der Waals surface area contributed by atoms with Gasteiger partial charge in [0.05, 0.1) is 6.21 Å². The summed E-state index contributed by atoms with van der Waals surface area (Å²) in [6.07, 6.45) is 1.49. The molecule has 2 aromatic rings. The normalized spacial score (nSPS) is 10.6. The Morgan fingerprint density at radius 1 is 1.14 bits per heavy atom. The number of rotatable bonds is 3. The Bertz CT molecular complexity index is 678. The number of amides is 2. The molecule has 0 saturated carbocycles. The molecule has 0 aliphatic carbocycles. The first-order valence-corrected chi connectivity index (χ1v) is 7.19. The van der Waals surface area contributed by atoms with Crippen LogP contribution in [-0.4, -0.2) is 18.0 Å². The summed E-state index contributed by atoms with van der Waals surface area (Å²) in [5.41, 5.74) is 4.94. The molecule has 108 valence electrons. The highest BCUT2D eigenvalue weighted by Gasteiger charge is 2.12. The van der Waals surface area contributed by atoms with Crippen molar-refractivity contribution < 1.29 is 9.59 Å². The standard InChI is InChI=1S/C15H15N3O2S/c1-10-5-6-12(8-11(10)2)17-14(19)15(20)18-16-9-13-4-3-7-21-13/h3-9H,1-2H3,(H,17,19)(H,18,20)/b16-9+. The maximum atomic E-state index is 11.7. The van der Waals surface area contributed by atoms with Gasteiger partial charge in [-0.2, -0.15) is 5.10 Å². The Hall–Kier alpha value is -2.47. The Labute approximate surface area is 126 Å². The molecule has 1 aromatic heterocycles. The number of benzene rings is 1. The van der Waals surface area contributed by atoms with Crippen molar-refractivity contribution in [3.63, 3.8) is 0 Å². The Morgan fingerprint density at radius 3 is 2.62 bits per heavy atom. The van der Waals surface area contributed by atoms with Crippen molar-refractivity contribution in [3.05, 3.63) is 51.7 Å². The third-order valence-corrected chi connectivity index (χ3v) is 3.68. The van der Waals surface area contributed by atoms with E-state index in [9.17, 15) is 9.59 Å². The van der Waals surface area contributed by atoms with E-state index in [-0.39, 0.29) is 0 Å². The van der Waals surface area contributed by atoms with Gasteiger partial charge in [-0.3, -0.25) is 9.59 Å². The largest absolute Gasteiger partial charge is 0.329 e. The van der Waals surface area contributed by atoms with Crippen molar-refractivity contribution in [1.29, 1.82) is 0 Å². The summed E-state index contributed by atoms with van der Waals surface area (Å²) in [5, 5.41) is 8.16. The second-order valence-corrected chi connectivity index (χ2v) is 5.45. The number of anilines is 1. The molecule has 1 heterocycles. The van der Waals surface area contributed by atoms with Gasteiger partial charge in [0, 0.05) is 10.6 Å². The number of hydrazone groups is 1. The highest BCUT2D eigenvalue weighted by atomic mass is 32.1. The quantitative estimate of drug-likeness (QED) is 0.519. The lowest BCUT2D eigenvalue weighted by Gasteiger charge is -2.06. The minimum atomic E-state index is -0.805. The molecule has 0 saturated heterocycles. The summed E-state index contributed by atoms with van der Waals surface area (Å²) in [4.78, 5) is 24.2. The topological polar surface area (TPSA) is 70.6 Å². The lowest BCUT2D eigenvalue weighted by Crippen LogP contribution is -2.32. The van der Waals surface area contributed by atoms with E-state index >= 15 is 0 Å². The van der Waals surface area contributed by atoms with E-state index < -0.39 is 11.8 Å². The van der Waals surface area contributed by atoms with E-state index in [2.05, 4.69) is 15.8 Å². The van der Waals surface area contributed by atoms with Gasteiger partial charge in [0.15, 0.2) is 0 Å². The summed E-state index contributed by atoms with van der Waals surface area (Å²) in [7, 11) is 0. The minimum absolute atomic E-state index is 0.584. The predicted octanol–water partition coefficient (Wildman–Crippen LogP) is 2.45. The number of thiophene rings is 1. The number of carbonyl (C=O) groups excluding carboxylic acids is 2. The lowest BCUT2D eigenvalue weighted by atomic mass is 10.1. The van der Waals surface area contributed by atoms with E-state index in [4.69, 9.17) is 0 Å². The summed E-state index contributed by atoms with van der Waals surface area (Å²) in [6, 6.07) is 9.19. The van der Waals surface area contributed by atoms with Crippen molar-refractivity contribution in [2.45, 2.75) is 13.8 Å². The summed E-state index contributed by atoms with van der Waals surface area (Å²) in [6.45, 7) is 3.92. The highest BCUT2D eigenvalue weighted by Crippen LogP contribution is 2.13. The molecule has 0 unspecified atom stereocenters. The molecule has 0 fully saturated rings. The van der Waals surface area contributed by atoms with Crippen LogP contribution in [0.3, 0.4) is 0 Å². The number of hydrogen-bond acceptors (Lipinski definition) is 4. The van der Waals surface area contributed by atoms with Crippen LogP contribution in [0.4, 0.5) is 5.69 Å². The first kappa shape index (κ1) is 14.9. The predicted molar refractivity (Wildman–Crippen MR) is 84.6 cm³/mol. The van der Waals surface area contributed by atoms with E-state index in [1.165, 1.54) is 17.6 Å². The molecule has 2 rings (SSSR count). The molecule has 0 radical (unpaired) electrons. The van der Waals surface area contributed by atoms with Crippen LogP contribution in [0.25, 0.3) is 0 Å². The fourth-order valence-corrected chi connectivity index (χ4v) is 2.16. The van der Waals surface area contributed by atoms with Crippen LogP contribution in [0, 0.1) is 13.8 Å². The van der Waals surface area contributed by atoms with Crippen LogP contribution in [0.1, 0.15) is 16.0 Å². The number of aryl methyl sites for hydroxylation is 2. The third kappa shape index (κ3) is 4.25. The molecular formula is C15H15N3O2S. The Balaban J connectivity index is 1.90. The van der Waals surface area contributed by atoms with Crippen LogP contribution >= 0.6 is 11.3 Å². The molecule has 0 aliphatic heterocycles. The van der Waals surface area contributed by atoms with E-state index in [0.717, 1.165) is 16.0 Å². The number of nitrogens with zero attached hydrogens (tertiary/aromatic N) is 1. The van der Waals surface area contributed by atoms with Crippen LogP contribution in [0.5, 0.6) is 0 Å². The van der Waals surface area contributed by atoms with Crippen LogP contribution in [0.15, 0.2) is 40.8 Å². The molecule has 5 nitrogen and oxygen atoms in total. The van der Waals surface area contributed by atoms with Crippen LogP contribution in [-0.2, 0) is 9.59 Å². The second-order valence-electron chi connectivity index (χ2n) is 4.47. The second kappa shape index (κ2) is 6.81. The van der Waals surface area contributed by atoms with E-state index in [0.29, 0.717) is 5.69 Å². The van der Waals surface area contributed by atoms with Gasteiger partial charge in [-0.05, 0) is 48.6 Å². The number of nitrogens with one attached hydrogen (secondary N) is 2. The molecule has 1 aromatic carbocycles. The zero-order valence-corrected chi connectivity index (χ0v) is 12.5. The molecular weight excluding hydrogens is 286 g/mol. The minimum Gasteiger partial charge on any atom is -0.318 e. The Morgan fingerprint density at radius 2 is 1.95 bits per heavy atom. The van der Waals surface area contributed by atoms with Gasteiger partial charge in [0.2, 0.25) is 0 Å². The van der Waals surface area contributed by atoms with Crippen molar-refractivity contribution in [3.8, 4) is 0 Å². The summed E-state index contributed by atoms with van der Waals surface area (Å²) < 4.78 is 0. The maximum Gasteiger partial charge on any atom is 0.329 e. The zero-order valence-electron chi connectivity index (χ0n) is 11.7. The van der Waals surface area contributed by atoms with Gasteiger partial charge < -0.3 is 5.32 Å². The van der Waals surface area contributed by atoms with Crippen LogP contribution in [0.2, 0.25) is 0 Å². The van der Waals surface area contributed by atoms with E-state index in [1.54, 1.807) is 6.07 Å². The van der Waals surface area contributed by atoms with Gasteiger partial charge in [0.25, 0.3) is 0 Å². The molecule has 6 heteroatoms. The fourth-order valence-electron chi connectivity index (χ4n) is 1.58. The maximum absolute atomic E-state index is 11.7. The van der Waals surface area contributed by atoms with Gasteiger partial charge in [0.1, 0.15) is 0 Å². The molecule has 0 atom stereocenters. The van der Waals surface area contributed by atoms with Gasteiger partial charge in [-0.1, -0.05) is 12.1 Å². The SMILES string of the molecule is Cc1ccc(NC(=O)C(=O)N/N=C/c2cccs2)cc1C. The first-order valence-electron chi connectivity index (χ1n) is 6.31. The molecule has 0 aliphatic rings. The highest BCUT2D eigenvalue weighted by molar-refractivity contribution is 7.11. The van der Waals surface area contributed by atoms with Crippen molar-refractivity contribution in [2.24, 2.45) is 5.10 Å². The summed E-state index contributed by atoms with van der Waals surface area (Å²) in [5.74, 6) is -1.55. The molecule has 2 amide bonds. The van der Waals surface area contributed by atoms with Gasteiger partial charge in [-0.15, -0.1) is 11.3 Å².